The van der Waals surface area contributed by atoms with E-state index in [1.165, 1.54) is 5.69 Å². The van der Waals surface area contributed by atoms with Gasteiger partial charge in [-0.3, -0.25) is 9.58 Å². The van der Waals surface area contributed by atoms with E-state index in [4.69, 9.17) is 4.74 Å². The molecule has 1 saturated heterocycles. The molecule has 0 radical (unpaired) electrons. The van der Waals surface area contributed by atoms with Crippen molar-refractivity contribution < 1.29 is 4.74 Å². The van der Waals surface area contributed by atoms with E-state index in [9.17, 15) is 0 Å². The third kappa shape index (κ3) is 3.38. The van der Waals surface area contributed by atoms with E-state index in [2.05, 4.69) is 53.6 Å². The molecule has 0 aliphatic carbocycles. The van der Waals surface area contributed by atoms with E-state index in [0.717, 1.165) is 36.2 Å². The van der Waals surface area contributed by atoms with E-state index in [1.54, 1.807) is 0 Å². The molecule has 1 aliphatic heterocycles. The molecule has 1 fully saturated rings. The molecule has 1 aliphatic rings. The minimum atomic E-state index is -0.0731. The monoisotopic (exact) mass is 329 g/mol. The number of aryl methyl sites for hydroxylation is 2. The van der Waals surface area contributed by atoms with E-state index >= 15 is 0 Å². The number of rotatable bonds is 3. The van der Waals surface area contributed by atoms with Crippen molar-refractivity contribution in [3.8, 4) is 0 Å². The third-order valence-electron chi connectivity index (χ3n) is 3.52. The summed E-state index contributed by atoms with van der Waals surface area (Å²) >= 11 is 3.69. The third-order valence-corrected chi connectivity index (χ3v) is 4.43. The quantitative estimate of drug-likeness (QED) is 0.854. The molecule has 0 bridgehead atoms. The zero-order chi connectivity index (χ0) is 14.2. The van der Waals surface area contributed by atoms with Gasteiger partial charge in [0.05, 0.1) is 27.6 Å². The highest BCUT2D eigenvalue weighted by Crippen LogP contribution is 2.26. The van der Waals surface area contributed by atoms with Gasteiger partial charge in [-0.2, -0.15) is 5.10 Å². The maximum Gasteiger partial charge on any atom is 0.0767 e. The normalized spacial score (nSPS) is 23.8. The lowest BCUT2D eigenvalue weighted by molar-refractivity contribution is -0.131. The van der Waals surface area contributed by atoms with Crippen LogP contribution in [-0.2, 0) is 24.8 Å². The minimum Gasteiger partial charge on any atom is -0.370 e. The lowest BCUT2D eigenvalue weighted by Gasteiger charge is -2.41. The van der Waals surface area contributed by atoms with Crippen LogP contribution in [0.1, 0.15) is 39.1 Å². The molecule has 4 nitrogen and oxygen atoms in total. The molecular formula is C14H24BrN3O. The predicted octanol–water partition coefficient (Wildman–Crippen LogP) is 2.74. The Hall–Kier alpha value is -0.390. The molecule has 5 heteroatoms. The molecule has 2 heterocycles. The zero-order valence-electron chi connectivity index (χ0n) is 12.5. The molecule has 108 valence electrons. The SMILES string of the molecule is CCc1nn(C)c(CN2CC(C)OC(C)(C)C2)c1Br. The second kappa shape index (κ2) is 5.54. The summed E-state index contributed by atoms with van der Waals surface area (Å²) in [5.74, 6) is 0. The summed E-state index contributed by atoms with van der Waals surface area (Å²) in [5.41, 5.74) is 2.32. The summed E-state index contributed by atoms with van der Waals surface area (Å²) in [7, 11) is 2.02. The number of nitrogens with zero attached hydrogens (tertiary/aromatic N) is 3. The summed E-state index contributed by atoms with van der Waals surface area (Å²) in [5, 5.41) is 4.56. The van der Waals surface area contributed by atoms with Crippen LogP contribution >= 0.6 is 15.9 Å². The van der Waals surface area contributed by atoms with E-state index in [1.807, 2.05) is 11.7 Å². The predicted molar refractivity (Wildman–Crippen MR) is 80.2 cm³/mol. The topological polar surface area (TPSA) is 30.3 Å². The van der Waals surface area contributed by atoms with Gasteiger partial charge < -0.3 is 4.74 Å². The first-order valence-electron chi connectivity index (χ1n) is 6.93. The van der Waals surface area contributed by atoms with Crippen molar-refractivity contribution in [2.24, 2.45) is 7.05 Å². The molecule has 0 amide bonds. The van der Waals surface area contributed by atoms with Gasteiger partial charge in [0.2, 0.25) is 0 Å². The molecule has 1 aromatic rings. The van der Waals surface area contributed by atoms with Crippen LogP contribution in [0.2, 0.25) is 0 Å². The van der Waals surface area contributed by atoms with Gasteiger partial charge in [0.1, 0.15) is 0 Å². The van der Waals surface area contributed by atoms with Crippen molar-refractivity contribution in [3.05, 3.63) is 15.9 Å². The Morgan fingerprint density at radius 2 is 2.16 bits per heavy atom. The minimum absolute atomic E-state index is 0.0731. The second-order valence-electron chi connectivity index (χ2n) is 6.04. The molecular weight excluding hydrogens is 306 g/mol. The molecule has 0 aromatic carbocycles. The fourth-order valence-electron chi connectivity index (χ4n) is 2.91. The van der Waals surface area contributed by atoms with E-state index in [0.29, 0.717) is 0 Å². The summed E-state index contributed by atoms with van der Waals surface area (Å²) < 4.78 is 9.11. The largest absolute Gasteiger partial charge is 0.370 e. The summed E-state index contributed by atoms with van der Waals surface area (Å²) in [6.07, 6.45) is 1.24. The van der Waals surface area contributed by atoms with Crippen molar-refractivity contribution in [1.29, 1.82) is 0 Å². The smallest absolute Gasteiger partial charge is 0.0767 e. The molecule has 0 saturated carbocycles. The highest BCUT2D eigenvalue weighted by molar-refractivity contribution is 9.10. The van der Waals surface area contributed by atoms with Crippen molar-refractivity contribution in [2.75, 3.05) is 13.1 Å². The van der Waals surface area contributed by atoms with Crippen LogP contribution in [0.3, 0.4) is 0 Å². The summed E-state index contributed by atoms with van der Waals surface area (Å²) in [6, 6.07) is 0. The van der Waals surface area contributed by atoms with Gasteiger partial charge in [0.15, 0.2) is 0 Å². The van der Waals surface area contributed by atoms with Crippen molar-refractivity contribution in [2.45, 2.75) is 52.4 Å². The molecule has 1 unspecified atom stereocenters. The van der Waals surface area contributed by atoms with Gasteiger partial charge in [-0.15, -0.1) is 0 Å². The average Bonchev–Trinajstić information content (AvgIpc) is 2.53. The van der Waals surface area contributed by atoms with Gasteiger partial charge >= 0.3 is 0 Å². The first-order chi connectivity index (χ1) is 8.82. The maximum atomic E-state index is 5.95. The Bertz CT molecular complexity index is 456. The van der Waals surface area contributed by atoms with Gasteiger partial charge in [-0.05, 0) is 43.1 Å². The Labute approximate surface area is 124 Å². The number of halogens is 1. The number of ether oxygens (including phenoxy) is 1. The highest BCUT2D eigenvalue weighted by atomic mass is 79.9. The van der Waals surface area contributed by atoms with Crippen LogP contribution in [-0.4, -0.2) is 39.5 Å². The van der Waals surface area contributed by atoms with Crippen LogP contribution < -0.4 is 0 Å². The van der Waals surface area contributed by atoms with Crippen LogP contribution in [0.15, 0.2) is 4.47 Å². The number of aromatic nitrogens is 2. The lowest BCUT2D eigenvalue weighted by Crippen LogP contribution is -2.51. The van der Waals surface area contributed by atoms with Crippen LogP contribution in [0, 0.1) is 0 Å². The first kappa shape index (κ1) is 15.0. The van der Waals surface area contributed by atoms with Gasteiger partial charge in [0.25, 0.3) is 0 Å². The number of hydrogen-bond donors (Lipinski definition) is 0. The van der Waals surface area contributed by atoms with Crippen LogP contribution in [0.5, 0.6) is 0 Å². The average molecular weight is 330 g/mol. The Balaban J connectivity index is 2.15. The fourth-order valence-corrected chi connectivity index (χ4v) is 3.65. The maximum absolute atomic E-state index is 5.95. The first-order valence-corrected chi connectivity index (χ1v) is 7.72. The van der Waals surface area contributed by atoms with Gasteiger partial charge in [-0.1, -0.05) is 6.92 Å². The molecule has 0 N–H and O–H groups in total. The molecule has 0 spiro atoms. The van der Waals surface area contributed by atoms with Gasteiger partial charge in [-0.25, -0.2) is 0 Å². The number of morpholine rings is 1. The van der Waals surface area contributed by atoms with Crippen molar-refractivity contribution in [1.82, 2.24) is 14.7 Å². The van der Waals surface area contributed by atoms with Crippen molar-refractivity contribution in [3.63, 3.8) is 0 Å². The Kier molecular flexibility index (Phi) is 4.38. The van der Waals surface area contributed by atoms with Gasteiger partial charge in [0, 0.05) is 26.7 Å². The van der Waals surface area contributed by atoms with Crippen LogP contribution in [0.4, 0.5) is 0 Å². The van der Waals surface area contributed by atoms with E-state index < -0.39 is 0 Å². The summed E-state index contributed by atoms with van der Waals surface area (Å²) in [4.78, 5) is 2.45. The standard InChI is InChI=1S/C14H24BrN3O/c1-6-11-13(15)12(17(5)16-11)8-18-7-10(2)19-14(3,4)9-18/h10H,6-9H2,1-5H3. The second-order valence-corrected chi connectivity index (χ2v) is 6.84. The van der Waals surface area contributed by atoms with Crippen LogP contribution in [0.25, 0.3) is 0 Å². The highest BCUT2D eigenvalue weighted by Gasteiger charge is 2.32. The summed E-state index contributed by atoms with van der Waals surface area (Å²) in [6.45, 7) is 11.4. The molecule has 19 heavy (non-hydrogen) atoms. The molecule has 2 rings (SSSR count). The lowest BCUT2D eigenvalue weighted by atomic mass is 10.1. The van der Waals surface area contributed by atoms with Crippen molar-refractivity contribution >= 4 is 15.9 Å². The molecule has 1 aromatic heterocycles. The molecule has 1 atom stereocenters. The Morgan fingerprint density at radius 1 is 1.47 bits per heavy atom. The van der Waals surface area contributed by atoms with E-state index in [-0.39, 0.29) is 11.7 Å². The fraction of sp³-hybridized carbons (Fsp3) is 0.786. The Morgan fingerprint density at radius 3 is 2.68 bits per heavy atom. The number of hydrogen-bond acceptors (Lipinski definition) is 3. The zero-order valence-corrected chi connectivity index (χ0v) is 14.1.